The second kappa shape index (κ2) is 9.96. The van der Waals surface area contributed by atoms with E-state index >= 15 is 0 Å². The van der Waals surface area contributed by atoms with Gasteiger partial charge in [-0.05, 0) is 30.5 Å². The number of rotatable bonds is 7. The number of carbonyl (C=O) groups is 1. The van der Waals surface area contributed by atoms with Crippen molar-refractivity contribution in [1.82, 2.24) is 9.88 Å². The van der Waals surface area contributed by atoms with E-state index < -0.39 is 0 Å². The zero-order valence-corrected chi connectivity index (χ0v) is 19.3. The van der Waals surface area contributed by atoms with Gasteiger partial charge in [0.15, 0.2) is 11.7 Å². The van der Waals surface area contributed by atoms with Gasteiger partial charge >= 0.3 is 0 Å². The number of benzene rings is 3. The quantitative estimate of drug-likeness (QED) is 0.330. The first kappa shape index (κ1) is 22.0. The van der Waals surface area contributed by atoms with Crippen LogP contribution in [0.1, 0.15) is 36.8 Å². The number of oxazole rings is 1. The third-order valence-corrected chi connectivity index (χ3v) is 6.36. The van der Waals surface area contributed by atoms with Crippen LogP contribution in [-0.2, 0) is 11.2 Å². The highest BCUT2D eigenvalue weighted by Gasteiger charge is 2.30. The van der Waals surface area contributed by atoms with Crippen LogP contribution in [0.15, 0.2) is 89.3 Å². The van der Waals surface area contributed by atoms with Crippen LogP contribution in [0.4, 0.5) is 0 Å². The lowest BCUT2D eigenvalue weighted by Gasteiger charge is -2.25. The van der Waals surface area contributed by atoms with Crippen LogP contribution in [0.5, 0.6) is 5.75 Å². The van der Waals surface area contributed by atoms with Crippen molar-refractivity contribution in [1.29, 1.82) is 0 Å². The highest BCUT2D eigenvalue weighted by Crippen LogP contribution is 2.35. The fourth-order valence-corrected chi connectivity index (χ4v) is 4.67. The van der Waals surface area contributed by atoms with E-state index in [1.54, 1.807) is 7.11 Å². The van der Waals surface area contributed by atoms with Crippen LogP contribution in [0.2, 0.25) is 0 Å². The molecule has 2 heterocycles. The van der Waals surface area contributed by atoms with Gasteiger partial charge in [0.2, 0.25) is 5.91 Å². The Morgan fingerprint density at radius 2 is 1.74 bits per heavy atom. The van der Waals surface area contributed by atoms with Gasteiger partial charge in [-0.2, -0.15) is 0 Å². The van der Waals surface area contributed by atoms with Crippen molar-refractivity contribution >= 4 is 5.91 Å². The summed E-state index contributed by atoms with van der Waals surface area (Å²) in [4.78, 5) is 20.0. The molecule has 3 aromatic carbocycles. The van der Waals surface area contributed by atoms with Crippen molar-refractivity contribution in [3.63, 3.8) is 0 Å². The second-order valence-corrected chi connectivity index (χ2v) is 8.54. The minimum atomic E-state index is 0.0897. The Morgan fingerprint density at radius 1 is 1.00 bits per heavy atom. The predicted molar refractivity (Wildman–Crippen MR) is 132 cm³/mol. The summed E-state index contributed by atoms with van der Waals surface area (Å²) in [5, 5.41) is 0. The van der Waals surface area contributed by atoms with Crippen molar-refractivity contribution in [2.45, 2.75) is 31.7 Å². The number of likely N-dealkylation sites (tertiary alicyclic amines) is 1. The minimum absolute atomic E-state index is 0.0897. The number of hydrogen-bond acceptors (Lipinski definition) is 4. The van der Waals surface area contributed by atoms with E-state index in [0.29, 0.717) is 18.7 Å². The van der Waals surface area contributed by atoms with Crippen molar-refractivity contribution in [3.8, 4) is 28.3 Å². The monoisotopic (exact) mass is 452 g/mol. The molecule has 0 N–H and O–H groups in total. The van der Waals surface area contributed by atoms with Gasteiger partial charge in [0.1, 0.15) is 11.4 Å². The zero-order chi connectivity index (χ0) is 23.3. The number of carbonyl (C=O) groups excluding carboxylic acids is 1. The van der Waals surface area contributed by atoms with Gasteiger partial charge in [0.25, 0.3) is 0 Å². The average molecular weight is 453 g/mol. The van der Waals surface area contributed by atoms with E-state index in [1.807, 2.05) is 83.8 Å². The average Bonchev–Trinajstić information content (AvgIpc) is 3.56. The molecular formula is C29H28N2O3. The summed E-state index contributed by atoms with van der Waals surface area (Å²) in [5.74, 6) is 2.28. The van der Waals surface area contributed by atoms with Crippen molar-refractivity contribution < 1.29 is 13.9 Å². The van der Waals surface area contributed by atoms with Gasteiger partial charge in [-0.1, -0.05) is 72.8 Å². The largest absolute Gasteiger partial charge is 0.497 e. The van der Waals surface area contributed by atoms with Gasteiger partial charge in [-0.15, -0.1) is 0 Å². The number of hydrogen-bond donors (Lipinski definition) is 0. The maximum atomic E-state index is 13.2. The zero-order valence-electron chi connectivity index (χ0n) is 19.3. The number of methoxy groups -OCH3 is 1. The molecule has 0 spiro atoms. The first-order valence-electron chi connectivity index (χ1n) is 11.8. The summed E-state index contributed by atoms with van der Waals surface area (Å²) in [5.41, 5.74) is 3.91. The van der Waals surface area contributed by atoms with E-state index in [4.69, 9.17) is 14.1 Å². The Balaban J connectivity index is 1.34. The van der Waals surface area contributed by atoms with Crippen LogP contribution in [0.3, 0.4) is 0 Å². The Morgan fingerprint density at radius 3 is 2.47 bits per heavy atom. The van der Waals surface area contributed by atoms with Crippen LogP contribution in [0, 0.1) is 0 Å². The molecule has 34 heavy (non-hydrogen) atoms. The lowest BCUT2D eigenvalue weighted by Crippen LogP contribution is -2.30. The lowest BCUT2D eigenvalue weighted by atomic mass is 10.0. The Bertz CT molecular complexity index is 1190. The SMILES string of the molecule is COc1cccc(C2CCCN2C(=O)CCc2nc(-c3ccccc3)c(-c3ccccc3)o2)c1. The molecule has 1 saturated heterocycles. The van der Waals surface area contributed by atoms with Gasteiger partial charge in [-0.25, -0.2) is 4.98 Å². The summed E-state index contributed by atoms with van der Waals surface area (Å²) in [6.07, 6.45) is 2.80. The van der Waals surface area contributed by atoms with Crippen LogP contribution in [-0.4, -0.2) is 29.4 Å². The summed E-state index contributed by atoms with van der Waals surface area (Å²) in [6.45, 7) is 0.775. The predicted octanol–water partition coefficient (Wildman–Crippen LogP) is 6.31. The van der Waals surface area contributed by atoms with E-state index in [-0.39, 0.29) is 11.9 Å². The van der Waals surface area contributed by atoms with Crippen molar-refractivity contribution in [3.05, 3.63) is 96.4 Å². The van der Waals surface area contributed by atoms with Crippen LogP contribution in [0.25, 0.3) is 22.6 Å². The highest BCUT2D eigenvalue weighted by atomic mass is 16.5. The minimum Gasteiger partial charge on any atom is -0.497 e. The molecule has 5 nitrogen and oxygen atoms in total. The summed E-state index contributed by atoms with van der Waals surface area (Å²) < 4.78 is 11.6. The Kier molecular flexibility index (Phi) is 6.43. The van der Waals surface area contributed by atoms with Gasteiger partial charge in [-0.3, -0.25) is 4.79 Å². The fraction of sp³-hybridized carbons (Fsp3) is 0.241. The molecular weight excluding hydrogens is 424 g/mol. The maximum Gasteiger partial charge on any atom is 0.223 e. The Labute approximate surface area is 200 Å². The summed E-state index contributed by atoms with van der Waals surface area (Å²) >= 11 is 0. The second-order valence-electron chi connectivity index (χ2n) is 8.54. The molecule has 0 saturated carbocycles. The smallest absolute Gasteiger partial charge is 0.223 e. The molecule has 1 atom stereocenters. The molecule has 0 aliphatic carbocycles. The maximum absolute atomic E-state index is 13.2. The molecule has 5 rings (SSSR count). The molecule has 4 aromatic rings. The standard InChI is InChI=1S/C29H28N2O3/c1-33-24-15-8-14-23(20-24)25-16-9-19-31(25)27(32)18-17-26-30-28(21-10-4-2-5-11-21)29(34-26)22-12-6-3-7-13-22/h2-8,10-15,20,25H,9,16-19H2,1H3. The number of amides is 1. The van der Waals surface area contributed by atoms with Crippen molar-refractivity contribution in [2.24, 2.45) is 0 Å². The third-order valence-electron chi connectivity index (χ3n) is 6.36. The number of aromatic nitrogens is 1. The molecule has 0 radical (unpaired) electrons. The van der Waals surface area contributed by atoms with Gasteiger partial charge < -0.3 is 14.1 Å². The summed E-state index contributed by atoms with van der Waals surface area (Å²) in [7, 11) is 1.67. The van der Waals surface area contributed by atoms with E-state index in [2.05, 4.69) is 6.07 Å². The molecule has 1 fully saturated rings. The normalized spacial score (nSPS) is 15.4. The number of ether oxygens (including phenoxy) is 1. The number of aryl methyl sites for hydroxylation is 1. The van der Waals surface area contributed by atoms with E-state index in [0.717, 1.165) is 53.3 Å². The van der Waals surface area contributed by atoms with E-state index in [9.17, 15) is 4.79 Å². The first-order valence-corrected chi connectivity index (χ1v) is 11.8. The molecule has 172 valence electrons. The van der Waals surface area contributed by atoms with Gasteiger partial charge in [0, 0.05) is 30.5 Å². The first-order chi connectivity index (χ1) is 16.7. The van der Waals surface area contributed by atoms with E-state index in [1.165, 1.54) is 0 Å². The highest BCUT2D eigenvalue weighted by molar-refractivity contribution is 5.78. The molecule has 1 aromatic heterocycles. The van der Waals surface area contributed by atoms with Crippen LogP contribution < -0.4 is 4.74 Å². The Hall–Kier alpha value is -3.86. The van der Waals surface area contributed by atoms with Gasteiger partial charge in [0.05, 0.1) is 13.2 Å². The molecule has 5 heteroatoms. The summed E-state index contributed by atoms with van der Waals surface area (Å²) in [6, 6.07) is 28.1. The fourth-order valence-electron chi connectivity index (χ4n) is 4.67. The topological polar surface area (TPSA) is 55.6 Å². The third kappa shape index (κ3) is 4.60. The van der Waals surface area contributed by atoms with Crippen molar-refractivity contribution in [2.75, 3.05) is 13.7 Å². The molecule has 1 amide bonds. The molecule has 1 unspecified atom stereocenters. The molecule has 0 bridgehead atoms. The number of nitrogens with zero attached hydrogens (tertiary/aromatic N) is 2. The van der Waals surface area contributed by atoms with Crippen LogP contribution >= 0.6 is 0 Å². The lowest BCUT2D eigenvalue weighted by molar-refractivity contribution is -0.132. The molecule has 1 aliphatic heterocycles. The molecule has 1 aliphatic rings.